The highest BCUT2D eigenvalue weighted by molar-refractivity contribution is 5.95. The first-order valence-corrected chi connectivity index (χ1v) is 6.67. The number of rotatable bonds is 6. The monoisotopic (exact) mass is 292 g/mol. The summed E-state index contributed by atoms with van der Waals surface area (Å²) < 4.78 is 4.58. The van der Waals surface area contributed by atoms with E-state index in [9.17, 15) is 14.4 Å². The van der Waals surface area contributed by atoms with Gasteiger partial charge in [0.1, 0.15) is 0 Å². The van der Waals surface area contributed by atoms with E-state index in [0.29, 0.717) is 17.7 Å². The van der Waals surface area contributed by atoms with Gasteiger partial charge in [0.2, 0.25) is 11.8 Å². The van der Waals surface area contributed by atoms with Crippen LogP contribution in [0, 0.1) is 5.92 Å². The Labute approximate surface area is 123 Å². The first kappa shape index (κ1) is 16.7. The number of ether oxygens (including phenoxy) is 1. The van der Waals surface area contributed by atoms with Crippen molar-refractivity contribution in [3.63, 3.8) is 0 Å². The van der Waals surface area contributed by atoms with E-state index in [-0.39, 0.29) is 24.3 Å². The smallest absolute Gasteiger partial charge is 0.337 e. The highest BCUT2D eigenvalue weighted by Gasteiger charge is 2.08. The molecule has 1 rings (SSSR count). The molecule has 21 heavy (non-hydrogen) atoms. The number of hydrogen-bond acceptors (Lipinski definition) is 4. The van der Waals surface area contributed by atoms with Gasteiger partial charge in [-0.05, 0) is 30.2 Å². The van der Waals surface area contributed by atoms with Gasteiger partial charge in [-0.1, -0.05) is 13.8 Å². The largest absolute Gasteiger partial charge is 0.465 e. The minimum absolute atomic E-state index is 0.0791. The molecule has 2 amide bonds. The Balaban J connectivity index is 2.44. The first-order chi connectivity index (χ1) is 9.92. The van der Waals surface area contributed by atoms with Crippen molar-refractivity contribution in [2.24, 2.45) is 5.92 Å². The van der Waals surface area contributed by atoms with E-state index in [2.05, 4.69) is 15.4 Å². The molecule has 0 spiro atoms. The van der Waals surface area contributed by atoms with Gasteiger partial charge < -0.3 is 15.4 Å². The van der Waals surface area contributed by atoms with Crippen molar-refractivity contribution < 1.29 is 19.1 Å². The third-order valence-electron chi connectivity index (χ3n) is 2.63. The van der Waals surface area contributed by atoms with Crippen LogP contribution in [0.15, 0.2) is 24.3 Å². The fourth-order valence-corrected chi connectivity index (χ4v) is 1.63. The molecular formula is C15H20N2O4. The molecule has 6 heteroatoms. The fourth-order valence-electron chi connectivity index (χ4n) is 1.63. The first-order valence-electron chi connectivity index (χ1n) is 6.67. The van der Waals surface area contributed by atoms with Crippen LogP contribution in [-0.4, -0.2) is 31.4 Å². The maximum absolute atomic E-state index is 11.7. The van der Waals surface area contributed by atoms with Crippen molar-refractivity contribution >= 4 is 23.5 Å². The molecule has 0 aliphatic heterocycles. The van der Waals surface area contributed by atoms with E-state index in [4.69, 9.17) is 0 Å². The lowest BCUT2D eigenvalue weighted by Gasteiger charge is -2.08. The van der Waals surface area contributed by atoms with Crippen molar-refractivity contribution in [2.75, 3.05) is 19.0 Å². The Morgan fingerprint density at radius 1 is 1.10 bits per heavy atom. The van der Waals surface area contributed by atoms with Gasteiger partial charge in [-0.2, -0.15) is 0 Å². The minimum atomic E-state index is -0.436. The molecule has 0 atom stereocenters. The van der Waals surface area contributed by atoms with Gasteiger partial charge in [-0.3, -0.25) is 9.59 Å². The summed E-state index contributed by atoms with van der Waals surface area (Å²) in [5.41, 5.74) is 0.950. The van der Waals surface area contributed by atoms with Crippen molar-refractivity contribution in [1.82, 2.24) is 5.32 Å². The lowest BCUT2D eigenvalue weighted by Crippen LogP contribution is -2.33. The summed E-state index contributed by atoms with van der Waals surface area (Å²) in [4.78, 5) is 34.3. The molecule has 6 nitrogen and oxygen atoms in total. The zero-order valence-corrected chi connectivity index (χ0v) is 12.4. The molecule has 0 fully saturated rings. The van der Waals surface area contributed by atoms with Gasteiger partial charge in [0.25, 0.3) is 0 Å². The lowest BCUT2D eigenvalue weighted by molar-refractivity contribution is -0.124. The Kier molecular flexibility index (Phi) is 6.39. The predicted octanol–water partition coefficient (Wildman–Crippen LogP) is 1.57. The number of hydrogen-bond donors (Lipinski definition) is 2. The Hall–Kier alpha value is -2.37. The van der Waals surface area contributed by atoms with Crippen LogP contribution in [0.3, 0.4) is 0 Å². The minimum Gasteiger partial charge on any atom is -0.465 e. The summed E-state index contributed by atoms with van der Waals surface area (Å²) in [5, 5.41) is 5.18. The fraction of sp³-hybridized carbons (Fsp3) is 0.400. The third-order valence-corrected chi connectivity index (χ3v) is 2.63. The van der Waals surface area contributed by atoms with Crippen LogP contribution in [0.2, 0.25) is 0 Å². The number of carbonyl (C=O) groups excluding carboxylic acids is 3. The zero-order chi connectivity index (χ0) is 15.8. The Bertz CT molecular complexity index is 509. The van der Waals surface area contributed by atoms with Gasteiger partial charge in [0.15, 0.2) is 0 Å². The van der Waals surface area contributed by atoms with Crippen LogP contribution in [0.1, 0.15) is 30.6 Å². The lowest BCUT2D eigenvalue weighted by atomic mass is 10.1. The number of esters is 1. The van der Waals surface area contributed by atoms with E-state index in [1.807, 2.05) is 13.8 Å². The molecule has 1 aromatic rings. The molecule has 0 saturated carbocycles. The van der Waals surface area contributed by atoms with Crippen molar-refractivity contribution in [3.05, 3.63) is 29.8 Å². The van der Waals surface area contributed by atoms with Crippen molar-refractivity contribution in [1.29, 1.82) is 0 Å². The third kappa shape index (κ3) is 6.07. The molecule has 0 heterocycles. The van der Waals surface area contributed by atoms with Gasteiger partial charge in [-0.25, -0.2) is 4.79 Å². The zero-order valence-electron chi connectivity index (χ0n) is 12.4. The summed E-state index contributed by atoms with van der Waals surface area (Å²) >= 11 is 0. The SMILES string of the molecule is COC(=O)c1ccc(NC(=O)CNC(=O)CC(C)C)cc1. The predicted molar refractivity (Wildman–Crippen MR) is 78.9 cm³/mol. The molecule has 0 unspecified atom stereocenters. The molecule has 2 N–H and O–H groups in total. The van der Waals surface area contributed by atoms with E-state index in [1.165, 1.54) is 7.11 Å². The highest BCUT2D eigenvalue weighted by Crippen LogP contribution is 2.10. The second-order valence-corrected chi connectivity index (χ2v) is 4.99. The topological polar surface area (TPSA) is 84.5 Å². The highest BCUT2D eigenvalue weighted by atomic mass is 16.5. The Morgan fingerprint density at radius 3 is 2.24 bits per heavy atom. The Morgan fingerprint density at radius 2 is 1.71 bits per heavy atom. The molecule has 114 valence electrons. The molecule has 0 aromatic heterocycles. The molecule has 0 saturated heterocycles. The molecule has 0 bridgehead atoms. The number of nitrogens with one attached hydrogen (secondary N) is 2. The molecule has 0 aliphatic carbocycles. The van der Waals surface area contributed by atoms with Gasteiger partial charge >= 0.3 is 5.97 Å². The summed E-state index contributed by atoms with van der Waals surface area (Å²) in [6.45, 7) is 3.79. The van der Waals surface area contributed by atoms with Gasteiger partial charge in [0.05, 0.1) is 19.2 Å². The van der Waals surface area contributed by atoms with Gasteiger partial charge in [0, 0.05) is 12.1 Å². The molecule has 1 aromatic carbocycles. The second-order valence-electron chi connectivity index (χ2n) is 4.99. The number of amides is 2. The average Bonchev–Trinajstić information content (AvgIpc) is 2.44. The van der Waals surface area contributed by atoms with E-state index in [0.717, 1.165) is 0 Å². The number of anilines is 1. The van der Waals surface area contributed by atoms with Crippen LogP contribution in [0.4, 0.5) is 5.69 Å². The molecule has 0 radical (unpaired) electrons. The van der Waals surface area contributed by atoms with Crippen LogP contribution >= 0.6 is 0 Å². The number of benzene rings is 1. The van der Waals surface area contributed by atoms with E-state index in [1.54, 1.807) is 24.3 Å². The second kappa shape index (κ2) is 8.04. The van der Waals surface area contributed by atoms with Crippen molar-refractivity contribution in [2.45, 2.75) is 20.3 Å². The average molecular weight is 292 g/mol. The van der Waals surface area contributed by atoms with Crippen LogP contribution in [-0.2, 0) is 14.3 Å². The summed E-state index contributed by atoms with van der Waals surface area (Å²) in [7, 11) is 1.30. The maximum Gasteiger partial charge on any atom is 0.337 e. The summed E-state index contributed by atoms with van der Waals surface area (Å²) in [6.07, 6.45) is 0.390. The normalized spacial score (nSPS) is 10.1. The number of carbonyl (C=O) groups is 3. The standard InChI is InChI=1S/C15H20N2O4/c1-10(2)8-13(18)16-9-14(19)17-12-6-4-11(5-7-12)15(20)21-3/h4-7,10H,8-9H2,1-3H3,(H,16,18)(H,17,19). The van der Waals surface area contributed by atoms with Gasteiger partial charge in [-0.15, -0.1) is 0 Å². The van der Waals surface area contributed by atoms with Crippen LogP contribution in [0.5, 0.6) is 0 Å². The van der Waals surface area contributed by atoms with Crippen molar-refractivity contribution in [3.8, 4) is 0 Å². The summed E-state index contributed by atoms with van der Waals surface area (Å²) in [6, 6.07) is 6.30. The molecular weight excluding hydrogens is 272 g/mol. The quantitative estimate of drug-likeness (QED) is 0.780. The van der Waals surface area contributed by atoms with Crippen LogP contribution < -0.4 is 10.6 Å². The number of methoxy groups -OCH3 is 1. The maximum atomic E-state index is 11.7. The molecule has 0 aliphatic rings. The van der Waals surface area contributed by atoms with E-state index < -0.39 is 5.97 Å². The van der Waals surface area contributed by atoms with E-state index >= 15 is 0 Å². The van der Waals surface area contributed by atoms with Crippen LogP contribution in [0.25, 0.3) is 0 Å². The summed E-state index contributed by atoms with van der Waals surface area (Å²) in [5.74, 6) is -0.660.